The van der Waals surface area contributed by atoms with Crippen molar-refractivity contribution < 1.29 is 9.53 Å². The average Bonchev–Trinajstić information content (AvgIpc) is 2.87. The van der Waals surface area contributed by atoms with Crippen LogP contribution in [-0.2, 0) is 4.79 Å². The maximum Gasteiger partial charge on any atom is 0.221 e. The third-order valence-electron chi connectivity index (χ3n) is 3.41. The third-order valence-corrected chi connectivity index (χ3v) is 3.64. The Morgan fingerprint density at radius 1 is 1.57 bits per heavy atom. The molecule has 1 atom stereocenters. The number of nitrogens with one attached hydrogen (secondary N) is 1. The van der Waals surface area contributed by atoms with Gasteiger partial charge in [0, 0.05) is 37.1 Å². The van der Waals surface area contributed by atoms with Crippen LogP contribution >= 0.6 is 24.0 Å². The summed E-state index contributed by atoms with van der Waals surface area (Å²) in [5, 5.41) is 3.67. The number of benzene rings is 1. The van der Waals surface area contributed by atoms with E-state index in [4.69, 9.17) is 22.1 Å². The van der Waals surface area contributed by atoms with Gasteiger partial charge < -0.3 is 20.7 Å². The second kappa shape index (κ2) is 8.32. The van der Waals surface area contributed by atoms with Crippen LogP contribution in [0.4, 0.5) is 5.69 Å². The van der Waals surface area contributed by atoms with Crippen LogP contribution in [0, 0.1) is 0 Å². The molecular formula is C14H21Cl2N3O2. The van der Waals surface area contributed by atoms with Crippen molar-refractivity contribution in [3.05, 3.63) is 23.2 Å². The Morgan fingerprint density at radius 3 is 3.00 bits per heavy atom. The highest BCUT2D eigenvalue weighted by molar-refractivity contribution is 6.30. The number of anilines is 1. The molecule has 1 aromatic carbocycles. The Hall–Kier alpha value is -1.17. The van der Waals surface area contributed by atoms with E-state index in [1.165, 1.54) is 0 Å². The summed E-state index contributed by atoms with van der Waals surface area (Å²) in [6.45, 7) is 2.00. The minimum atomic E-state index is 0. The Bertz CT molecular complexity index is 485. The normalized spacial score (nSPS) is 17.3. The molecule has 0 aromatic heterocycles. The van der Waals surface area contributed by atoms with Gasteiger partial charge in [-0.25, -0.2) is 0 Å². The number of nitrogens with zero attached hydrogens (tertiary/aromatic N) is 1. The molecule has 0 radical (unpaired) electrons. The molecule has 5 nitrogen and oxygen atoms in total. The summed E-state index contributed by atoms with van der Waals surface area (Å²) in [4.78, 5) is 13.7. The van der Waals surface area contributed by atoms with Gasteiger partial charge in [-0.05, 0) is 24.6 Å². The highest BCUT2D eigenvalue weighted by atomic mass is 35.5. The molecule has 3 N–H and O–H groups in total. The number of halogens is 2. The van der Waals surface area contributed by atoms with Gasteiger partial charge in [0.25, 0.3) is 0 Å². The highest BCUT2D eigenvalue weighted by Crippen LogP contribution is 2.33. The molecule has 1 aromatic rings. The largest absolute Gasteiger partial charge is 0.495 e. The Balaban J connectivity index is 0.00000220. The molecule has 0 aliphatic carbocycles. The SMILES string of the molecule is COc1ccc(Cl)cc1N1CCC(NC(=O)CCN)C1.Cl. The van der Waals surface area contributed by atoms with Crippen LogP contribution in [0.5, 0.6) is 5.75 Å². The minimum Gasteiger partial charge on any atom is -0.495 e. The number of ether oxygens (including phenoxy) is 1. The molecule has 1 aliphatic rings. The average molecular weight is 334 g/mol. The van der Waals surface area contributed by atoms with E-state index in [2.05, 4.69) is 10.2 Å². The van der Waals surface area contributed by atoms with Crippen LogP contribution in [0.3, 0.4) is 0 Å². The number of amides is 1. The zero-order valence-electron chi connectivity index (χ0n) is 12.0. The van der Waals surface area contributed by atoms with Gasteiger partial charge >= 0.3 is 0 Å². The smallest absolute Gasteiger partial charge is 0.221 e. The van der Waals surface area contributed by atoms with Gasteiger partial charge in [-0.15, -0.1) is 12.4 Å². The Labute approximate surface area is 136 Å². The molecule has 0 spiro atoms. The molecule has 1 heterocycles. The lowest BCUT2D eigenvalue weighted by Crippen LogP contribution is -2.37. The van der Waals surface area contributed by atoms with Crippen molar-refractivity contribution in [2.45, 2.75) is 18.9 Å². The van der Waals surface area contributed by atoms with Crippen LogP contribution in [0.25, 0.3) is 0 Å². The van der Waals surface area contributed by atoms with Gasteiger partial charge in [-0.2, -0.15) is 0 Å². The fourth-order valence-electron chi connectivity index (χ4n) is 2.44. The number of rotatable bonds is 5. The van der Waals surface area contributed by atoms with Crippen molar-refractivity contribution in [2.24, 2.45) is 5.73 Å². The van der Waals surface area contributed by atoms with Gasteiger partial charge in [0.2, 0.25) is 5.91 Å². The van der Waals surface area contributed by atoms with E-state index < -0.39 is 0 Å². The second-order valence-corrected chi connectivity index (χ2v) is 5.29. The molecule has 1 saturated heterocycles. The number of hydrogen-bond donors (Lipinski definition) is 2. The van der Waals surface area contributed by atoms with Crippen LogP contribution in [0.2, 0.25) is 5.02 Å². The number of hydrogen-bond acceptors (Lipinski definition) is 4. The molecular weight excluding hydrogens is 313 g/mol. The third kappa shape index (κ3) is 4.66. The fraction of sp³-hybridized carbons (Fsp3) is 0.500. The van der Waals surface area contributed by atoms with Crippen LogP contribution in [-0.4, -0.2) is 38.7 Å². The maximum absolute atomic E-state index is 11.6. The van der Waals surface area contributed by atoms with Gasteiger partial charge in [0.15, 0.2) is 0 Å². The lowest BCUT2D eigenvalue weighted by Gasteiger charge is -2.21. The summed E-state index contributed by atoms with van der Waals surface area (Å²) >= 11 is 6.05. The first-order valence-corrected chi connectivity index (χ1v) is 7.09. The Morgan fingerprint density at radius 2 is 2.33 bits per heavy atom. The van der Waals surface area contributed by atoms with Crippen molar-refractivity contribution in [3.8, 4) is 5.75 Å². The zero-order valence-corrected chi connectivity index (χ0v) is 13.5. The van der Waals surface area contributed by atoms with Crippen molar-refractivity contribution in [2.75, 3.05) is 31.6 Å². The Kier molecular flexibility index (Phi) is 7.08. The monoisotopic (exact) mass is 333 g/mol. The topological polar surface area (TPSA) is 67.6 Å². The van der Waals surface area contributed by atoms with Gasteiger partial charge in [0.1, 0.15) is 5.75 Å². The number of carbonyl (C=O) groups is 1. The lowest BCUT2D eigenvalue weighted by atomic mass is 10.2. The van der Waals surface area contributed by atoms with Crippen LogP contribution in [0.1, 0.15) is 12.8 Å². The second-order valence-electron chi connectivity index (χ2n) is 4.85. The van der Waals surface area contributed by atoms with Crippen molar-refractivity contribution in [1.29, 1.82) is 0 Å². The summed E-state index contributed by atoms with van der Waals surface area (Å²) in [7, 11) is 1.64. The van der Waals surface area contributed by atoms with Crippen molar-refractivity contribution in [3.63, 3.8) is 0 Å². The van der Waals surface area contributed by atoms with E-state index >= 15 is 0 Å². The number of nitrogens with two attached hydrogens (primary N) is 1. The summed E-state index contributed by atoms with van der Waals surface area (Å²) in [6.07, 6.45) is 1.28. The molecule has 2 rings (SSSR count). The number of methoxy groups -OCH3 is 1. The molecule has 1 unspecified atom stereocenters. The first kappa shape index (κ1) is 17.9. The minimum absolute atomic E-state index is 0. The first-order chi connectivity index (χ1) is 9.63. The molecule has 1 fully saturated rings. The van der Waals surface area contributed by atoms with Gasteiger partial charge in [0.05, 0.1) is 12.8 Å². The van der Waals surface area contributed by atoms with E-state index in [9.17, 15) is 4.79 Å². The fourth-order valence-corrected chi connectivity index (χ4v) is 2.60. The number of carbonyl (C=O) groups excluding carboxylic acids is 1. The van der Waals surface area contributed by atoms with E-state index in [1.807, 2.05) is 12.1 Å². The maximum atomic E-state index is 11.6. The molecule has 0 saturated carbocycles. The molecule has 21 heavy (non-hydrogen) atoms. The van der Waals surface area contributed by atoms with E-state index in [1.54, 1.807) is 13.2 Å². The highest BCUT2D eigenvalue weighted by Gasteiger charge is 2.25. The summed E-state index contributed by atoms with van der Waals surface area (Å²) in [5.41, 5.74) is 6.34. The lowest BCUT2D eigenvalue weighted by molar-refractivity contribution is -0.121. The quantitative estimate of drug-likeness (QED) is 0.862. The van der Waals surface area contributed by atoms with Gasteiger partial charge in [-0.3, -0.25) is 4.79 Å². The van der Waals surface area contributed by atoms with Crippen molar-refractivity contribution >= 4 is 35.6 Å². The predicted octanol–water partition coefficient (Wildman–Crippen LogP) is 1.81. The van der Waals surface area contributed by atoms with E-state index in [0.29, 0.717) is 18.0 Å². The summed E-state index contributed by atoms with van der Waals surface area (Å²) in [6, 6.07) is 5.71. The van der Waals surface area contributed by atoms with Crippen molar-refractivity contribution in [1.82, 2.24) is 5.32 Å². The molecule has 0 bridgehead atoms. The molecule has 1 aliphatic heterocycles. The van der Waals surface area contributed by atoms with E-state index in [-0.39, 0.29) is 24.4 Å². The molecule has 118 valence electrons. The summed E-state index contributed by atoms with van der Waals surface area (Å²) < 4.78 is 5.36. The van der Waals surface area contributed by atoms with Crippen LogP contribution < -0.4 is 20.7 Å². The predicted molar refractivity (Wildman–Crippen MR) is 87.7 cm³/mol. The molecule has 7 heteroatoms. The summed E-state index contributed by atoms with van der Waals surface area (Å²) in [5.74, 6) is 0.806. The van der Waals surface area contributed by atoms with Gasteiger partial charge in [-0.1, -0.05) is 11.6 Å². The van der Waals surface area contributed by atoms with E-state index in [0.717, 1.165) is 30.9 Å². The standard InChI is InChI=1S/C14H20ClN3O2.ClH/c1-20-13-3-2-10(15)8-12(13)18-7-5-11(9-18)17-14(19)4-6-16;/h2-3,8,11H,4-7,9,16H2,1H3,(H,17,19);1H. The molecule has 1 amide bonds. The van der Waals surface area contributed by atoms with Crippen LogP contribution in [0.15, 0.2) is 18.2 Å². The first-order valence-electron chi connectivity index (χ1n) is 6.72. The zero-order chi connectivity index (χ0) is 14.5.